The number of carbonyl (C=O) groups excluding carboxylic acids is 1. The fourth-order valence-electron chi connectivity index (χ4n) is 2.94. The molecule has 4 rings (SSSR count). The Morgan fingerprint density at radius 2 is 1.81 bits per heavy atom. The van der Waals surface area contributed by atoms with E-state index in [1.165, 1.54) is 0 Å². The van der Waals surface area contributed by atoms with E-state index < -0.39 is 0 Å². The van der Waals surface area contributed by atoms with Gasteiger partial charge in [0.25, 0.3) is 5.91 Å². The maximum Gasteiger partial charge on any atom is 0.260 e. The molecule has 0 atom stereocenters. The second-order valence-corrected chi connectivity index (χ2v) is 5.32. The van der Waals surface area contributed by atoms with Crippen molar-refractivity contribution in [1.82, 2.24) is 9.55 Å². The molecule has 0 spiro atoms. The van der Waals surface area contributed by atoms with Crippen LogP contribution in [0.1, 0.15) is 15.9 Å². The van der Waals surface area contributed by atoms with Crippen molar-refractivity contribution in [2.45, 2.75) is 13.5 Å². The number of nitrogens with zero attached hydrogens (tertiary/aromatic N) is 3. The van der Waals surface area contributed by atoms with Gasteiger partial charge < -0.3 is 4.57 Å². The van der Waals surface area contributed by atoms with Crippen LogP contribution in [-0.2, 0) is 6.54 Å². The molecule has 0 N–H and O–H groups in total. The van der Waals surface area contributed by atoms with Crippen LogP contribution in [0.4, 0.5) is 5.95 Å². The lowest BCUT2D eigenvalue weighted by Gasteiger charge is -2.15. The number of rotatable bonds is 1. The number of imidazole rings is 1. The van der Waals surface area contributed by atoms with Crippen LogP contribution in [0.25, 0.3) is 11.0 Å². The number of fused-ring (bicyclic) bond motifs is 3. The summed E-state index contributed by atoms with van der Waals surface area (Å²) in [7, 11) is 0. The van der Waals surface area contributed by atoms with Gasteiger partial charge in [0.05, 0.1) is 11.0 Å². The van der Waals surface area contributed by atoms with Crippen LogP contribution >= 0.6 is 0 Å². The molecule has 1 aromatic heterocycles. The molecule has 21 heavy (non-hydrogen) atoms. The Labute approximate surface area is 122 Å². The minimum absolute atomic E-state index is 0.0298. The zero-order valence-corrected chi connectivity index (χ0v) is 11.8. The van der Waals surface area contributed by atoms with Gasteiger partial charge >= 0.3 is 0 Å². The Morgan fingerprint density at radius 3 is 2.67 bits per heavy atom. The molecule has 2 aromatic carbocycles. The number of aromatic nitrogens is 2. The van der Waals surface area contributed by atoms with Crippen LogP contribution in [0, 0.1) is 6.92 Å². The van der Waals surface area contributed by atoms with Crippen LogP contribution in [-0.4, -0.2) is 22.0 Å². The summed E-state index contributed by atoms with van der Waals surface area (Å²) in [6, 6.07) is 15.7. The third-order valence-corrected chi connectivity index (χ3v) is 4.04. The lowest BCUT2D eigenvalue weighted by molar-refractivity contribution is 0.0988. The van der Waals surface area contributed by atoms with Crippen molar-refractivity contribution in [3.8, 4) is 0 Å². The molecule has 0 radical (unpaired) electrons. The highest BCUT2D eigenvalue weighted by molar-refractivity contribution is 6.07. The zero-order chi connectivity index (χ0) is 14.4. The molecular formula is C17H15N3O. The minimum Gasteiger partial charge on any atom is -0.308 e. The molecule has 0 saturated carbocycles. The fraction of sp³-hybridized carbons (Fsp3) is 0.176. The molecule has 1 aliphatic rings. The first kappa shape index (κ1) is 12.1. The number of para-hydroxylation sites is 2. The predicted octanol–water partition coefficient (Wildman–Crippen LogP) is 3.01. The molecule has 2 heterocycles. The fourth-order valence-corrected chi connectivity index (χ4v) is 2.94. The van der Waals surface area contributed by atoms with E-state index in [1.54, 1.807) is 4.90 Å². The number of aryl methyl sites for hydroxylation is 1. The van der Waals surface area contributed by atoms with Crippen molar-refractivity contribution in [2.75, 3.05) is 11.4 Å². The molecule has 4 heteroatoms. The molecule has 1 aliphatic heterocycles. The summed E-state index contributed by atoms with van der Waals surface area (Å²) in [5.74, 6) is 0.784. The number of amides is 1. The number of anilines is 1. The number of carbonyl (C=O) groups is 1. The average molecular weight is 277 g/mol. The quantitative estimate of drug-likeness (QED) is 0.686. The average Bonchev–Trinajstić information content (AvgIpc) is 3.06. The molecule has 0 aliphatic carbocycles. The molecule has 4 nitrogen and oxygen atoms in total. The number of hydrogen-bond donors (Lipinski definition) is 0. The lowest BCUT2D eigenvalue weighted by atomic mass is 10.1. The second kappa shape index (κ2) is 4.45. The van der Waals surface area contributed by atoms with E-state index >= 15 is 0 Å². The van der Waals surface area contributed by atoms with Gasteiger partial charge in [-0.05, 0) is 30.7 Å². The maximum atomic E-state index is 12.8. The Hall–Kier alpha value is -2.62. The second-order valence-electron chi connectivity index (χ2n) is 5.32. The largest absolute Gasteiger partial charge is 0.308 e. The molecule has 0 fully saturated rings. The van der Waals surface area contributed by atoms with Gasteiger partial charge in [0.15, 0.2) is 0 Å². The van der Waals surface area contributed by atoms with Crippen LogP contribution < -0.4 is 4.90 Å². The van der Waals surface area contributed by atoms with Crippen molar-refractivity contribution in [1.29, 1.82) is 0 Å². The van der Waals surface area contributed by atoms with Gasteiger partial charge in [-0.25, -0.2) is 4.98 Å². The monoisotopic (exact) mass is 277 g/mol. The van der Waals surface area contributed by atoms with E-state index in [9.17, 15) is 4.79 Å². The zero-order valence-electron chi connectivity index (χ0n) is 11.8. The summed E-state index contributed by atoms with van der Waals surface area (Å²) in [4.78, 5) is 19.2. The van der Waals surface area contributed by atoms with Crippen LogP contribution in [0.5, 0.6) is 0 Å². The minimum atomic E-state index is 0.0298. The van der Waals surface area contributed by atoms with Crippen LogP contribution in [0.3, 0.4) is 0 Å². The van der Waals surface area contributed by atoms with Crippen LogP contribution in [0.2, 0.25) is 0 Å². The van der Waals surface area contributed by atoms with Crippen molar-refractivity contribution in [3.63, 3.8) is 0 Å². The topological polar surface area (TPSA) is 38.1 Å². The van der Waals surface area contributed by atoms with Crippen molar-refractivity contribution in [3.05, 3.63) is 59.7 Å². The third-order valence-electron chi connectivity index (χ3n) is 4.04. The van der Waals surface area contributed by atoms with Gasteiger partial charge in [-0.2, -0.15) is 0 Å². The summed E-state index contributed by atoms with van der Waals surface area (Å²) in [6.07, 6.45) is 0. The molecular weight excluding hydrogens is 262 g/mol. The summed E-state index contributed by atoms with van der Waals surface area (Å²) >= 11 is 0. The lowest BCUT2D eigenvalue weighted by Crippen LogP contribution is -2.30. The van der Waals surface area contributed by atoms with Crippen molar-refractivity contribution >= 4 is 22.9 Å². The number of benzene rings is 2. The maximum absolute atomic E-state index is 12.8. The van der Waals surface area contributed by atoms with Gasteiger partial charge in [-0.3, -0.25) is 9.69 Å². The van der Waals surface area contributed by atoms with E-state index in [1.807, 2.05) is 55.5 Å². The normalized spacial score (nSPS) is 13.7. The van der Waals surface area contributed by atoms with Crippen molar-refractivity contribution < 1.29 is 4.79 Å². The Morgan fingerprint density at radius 1 is 1.05 bits per heavy atom. The summed E-state index contributed by atoms with van der Waals surface area (Å²) in [5.41, 5.74) is 3.78. The Balaban J connectivity index is 1.80. The highest BCUT2D eigenvalue weighted by Gasteiger charge is 2.29. The Kier molecular flexibility index (Phi) is 2.57. The molecule has 0 unspecified atom stereocenters. The predicted molar refractivity (Wildman–Crippen MR) is 82.6 cm³/mol. The van der Waals surface area contributed by atoms with E-state index in [0.717, 1.165) is 34.7 Å². The van der Waals surface area contributed by atoms with E-state index in [-0.39, 0.29) is 5.91 Å². The van der Waals surface area contributed by atoms with E-state index in [4.69, 9.17) is 0 Å². The van der Waals surface area contributed by atoms with Gasteiger partial charge in [0.1, 0.15) is 0 Å². The van der Waals surface area contributed by atoms with Gasteiger partial charge in [-0.1, -0.05) is 30.3 Å². The summed E-state index contributed by atoms with van der Waals surface area (Å²) in [5, 5.41) is 0. The first-order chi connectivity index (χ1) is 10.3. The third kappa shape index (κ3) is 1.76. The number of hydrogen-bond acceptors (Lipinski definition) is 2. The molecule has 0 bridgehead atoms. The molecule has 1 amide bonds. The molecule has 0 saturated heterocycles. The van der Waals surface area contributed by atoms with E-state index in [0.29, 0.717) is 6.54 Å². The highest BCUT2D eigenvalue weighted by Crippen LogP contribution is 2.28. The molecule has 104 valence electrons. The van der Waals surface area contributed by atoms with Gasteiger partial charge in [-0.15, -0.1) is 0 Å². The van der Waals surface area contributed by atoms with Crippen molar-refractivity contribution in [2.24, 2.45) is 0 Å². The molecule has 3 aromatic rings. The van der Waals surface area contributed by atoms with Crippen LogP contribution in [0.15, 0.2) is 48.5 Å². The summed E-state index contributed by atoms with van der Waals surface area (Å²) < 4.78 is 2.12. The highest BCUT2D eigenvalue weighted by atomic mass is 16.2. The first-order valence-electron chi connectivity index (χ1n) is 7.08. The van der Waals surface area contributed by atoms with E-state index in [2.05, 4.69) is 9.55 Å². The van der Waals surface area contributed by atoms with Gasteiger partial charge in [0.2, 0.25) is 5.95 Å². The standard InChI is InChI=1S/C17H15N3O/c1-12-6-2-3-7-13(12)16(21)20-11-10-19-15-9-5-4-8-14(15)18-17(19)20/h2-9H,10-11H2,1H3. The van der Waals surface area contributed by atoms with Gasteiger partial charge in [0, 0.05) is 18.7 Å². The smallest absolute Gasteiger partial charge is 0.260 e. The first-order valence-corrected chi connectivity index (χ1v) is 7.08. The Bertz CT molecular complexity index is 850. The SMILES string of the molecule is Cc1ccccc1C(=O)N1CCn2c1nc1ccccc12. The summed E-state index contributed by atoms with van der Waals surface area (Å²) in [6.45, 7) is 3.44.